The van der Waals surface area contributed by atoms with E-state index in [0.29, 0.717) is 26.4 Å². The SMILES string of the molecule is [C-]#[N+]c1cc(-c2ccccc2)cc([N@+]23[CH-][N+]2(c2[c-]c(Oc4[c-]c5c(cc4)c4ccccc4n5-c4cc(C(C)(C)C)ccn4)cc(C(C)(C)C)c2)c2ccccc23)c1.[Pt]. The largest absolute Gasteiger partial charge is 0.509 e. The van der Waals surface area contributed by atoms with Crippen molar-refractivity contribution in [2.24, 2.45) is 0 Å². The molecule has 0 bridgehead atoms. The van der Waals surface area contributed by atoms with Crippen LogP contribution in [0.25, 0.3) is 43.6 Å². The van der Waals surface area contributed by atoms with Gasteiger partial charge in [0.2, 0.25) is 11.4 Å². The van der Waals surface area contributed by atoms with Crippen LogP contribution in [0.1, 0.15) is 52.7 Å². The minimum Gasteiger partial charge on any atom is -0.509 e. The van der Waals surface area contributed by atoms with Crippen LogP contribution in [0.2, 0.25) is 0 Å². The third-order valence-electron chi connectivity index (χ3n) is 11.6. The van der Waals surface area contributed by atoms with Gasteiger partial charge in [-0.25, -0.2) is 14.4 Å². The van der Waals surface area contributed by atoms with Gasteiger partial charge in [-0.1, -0.05) is 114 Å². The molecule has 0 N–H and O–H groups in total. The molecule has 1 fully saturated rings. The number of para-hydroxylation sites is 3. The number of hydrogen-bond donors (Lipinski definition) is 0. The van der Waals surface area contributed by atoms with Crippen LogP contribution in [0.5, 0.6) is 11.5 Å². The Labute approximate surface area is 354 Å². The average Bonchev–Trinajstić information content (AvgIpc) is 3.71. The normalized spacial score (nSPS) is 18.1. The fourth-order valence-corrected chi connectivity index (χ4v) is 8.58. The molecule has 6 nitrogen and oxygen atoms in total. The van der Waals surface area contributed by atoms with Gasteiger partial charge in [0.25, 0.3) is 0 Å². The Kier molecular flexibility index (Phi) is 8.69. The molecule has 0 spiro atoms. The third kappa shape index (κ3) is 5.68. The second-order valence-electron chi connectivity index (χ2n) is 17.3. The zero-order valence-corrected chi connectivity index (χ0v) is 35.6. The predicted molar refractivity (Wildman–Crippen MR) is 232 cm³/mol. The van der Waals surface area contributed by atoms with Crippen LogP contribution in [0.15, 0.2) is 140 Å². The molecular weight excluding hydrogens is 894 g/mol. The molecule has 0 amide bonds. The smallest absolute Gasteiger partial charge is 0.225 e. The van der Waals surface area contributed by atoms with E-state index in [1.54, 1.807) is 0 Å². The van der Waals surface area contributed by atoms with Crippen molar-refractivity contribution in [2.75, 3.05) is 0 Å². The number of benzene rings is 6. The second kappa shape index (κ2) is 13.4. The van der Waals surface area contributed by atoms with Crippen LogP contribution in [0.3, 0.4) is 0 Å². The minimum atomic E-state index is -0.176. The molecule has 10 rings (SSSR count). The fraction of sp³-hybridized carbons (Fsp3) is 0.157. The van der Waals surface area contributed by atoms with Crippen LogP contribution >= 0.6 is 0 Å². The van der Waals surface area contributed by atoms with Gasteiger partial charge in [0, 0.05) is 68.5 Å². The first-order valence-corrected chi connectivity index (χ1v) is 19.4. The summed E-state index contributed by atoms with van der Waals surface area (Å²) in [6, 6.07) is 53.8. The molecule has 288 valence electrons. The number of nitrogens with zero attached hydrogens (tertiary/aromatic N) is 5. The van der Waals surface area contributed by atoms with Crippen molar-refractivity contribution in [3.63, 3.8) is 0 Å². The summed E-state index contributed by atoms with van der Waals surface area (Å²) in [6.07, 6.45) is 1.90. The van der Waals surface area contributed by atoms with Gasteiger partial charge in [0.05, 0.1) is 12.3 Å². The Morgan fingerprint density at radius 2 is 1.36 bits per heavy atom. The number of hydrogen-bond acceptors (Lipinski definition) is 2. The van der Waals surface area contributed by atoms with E-state index < -0.39 is 0 Å². The van der Waals surface area contributed by atoms with Gasteiger partial charge in [-0.2, -0.15) is 10.7 Å². The summed E-state index contributed by atoms with van der Waals surface area (Å²) >= 11 is 0. The zero-order valence-electron chi connectivity index (χ0n) is 33.3. The number of ether oxygens (including phenoxy) is 1. The van der Waals surface area contributed by atoms with Crippen molar-refractivity contribution in [1.82, 2.24) is 18.7 Å². The monoisotopic (exact) mass is 935 g/mol. The zero-order chi connectivity index (χ0) is 39.3. The number of rotatable bonds is 6. The van der Waals surface area contributed by atoms with E-state index in [1.807, 2.05) is 42.6 Å². The molecule has 0 radical (unpaired) electrons. The van der Waals surface area contributed by atoms with Gasteiger partial charge in [0.15, 0.2) is 18.0 Å². The molecule has 2 aliphatic heterocycles. The van der Waals surface area contributed by atoms with Crippen LogP contribution in [0.4, 0.5) is 28.4 Å². The summed E-state index contributed by atoms with van der Waals surface area (Å²) in [7, 11) is 0. The van der Waals surface area contributed by atoms with Crippen molar-refractivity contribution in [1.29, 1.82) is 0 Å². The van der Waals surface area contributed by atoms with Gasteiger partial charge < -0.3 is 9.30 Å². The molecule has 7 heteroatoms. The molecule has 1 saturated heterocycles. The summed E-state index contributed by atoms with van der Waals surface area (Å²) in [6.45, 7) is 23.7. The Morgan fingerprint density at radius 1 is 0.655 bits per heavy atom. The number of quaternary nitrogens is 2. The van der Waals surface area contributed by atoms with E-state index in [2.05, 4.69) is 167 Å². The maximum atomic E-state index is 8.03. The van der Waals surface area contributed by atoms with Crippen LogP contribution in [-0.4, -0.2) is 9.55 Å². The quantitative estimate of drug-likeness (QED) is 0.0945. The fourth-order valence-electron chi connectivity index (χ4n) is 8.58. The summed E-state index contributed by atoms with van der Waals surface area (Å²) in [4.78, 5) is 8.79. The standard InChI is InChI=1S/C51H42N5O.Pt/c1-50(2,3)36-23-24-53-49(29-36)54-45-18-12-11-17-43(45)44-22-21-41(32-46(44)54)57-42-28-37(51(4,5)6)27-40(31-42)56-33-55(56,47-19-13-14-20-48(47)56)39-26-35(25-38(30-39)52-7)34-15-9-8-10-16-34;/h8-30,33H,1-6H3;/q-1;/t55-,56?;/m0./s1. The molecule has 8 aromatic rings. The third-order valence-corrected chi connectivity index (χ3v) is 11.6. The van der Waals surface area contributed by atoms with Crippen molar-refractivity contribution >= 4 is 50.2 Å². The van der Waals surface area contributed by atoms with Gasteiger partial charge in [0.1, 0.15) is 5.82 Å². The number of pyridine rings is 1. The Morgan fingerprint density at radius 3 is 2.10 bits per heavy atom. The Hall–Kier alpha value is -5.83. The number of fused-ring (bicyclic) bond motifs is 7. The molecule has 0 saturated carbocycles. The van der Waals surface area contributed by atoms with E-state index >= 15 is 0 Å². The minimum absolute atomic E-state index is 0. The van der Waals surface area contributed by atoms with E-state index in [1.165, 1.54) is 16.9 Å². The summed E-state index contributed by atoms with van der Waals surface area (Å²) < 4.78 is 9.93. The summed E-state index contributed by atoms with van der Waals surface area (Å²) in [5.74, 6) is 2.07. The van der Waals surface area contributed by atoms with Gasteiger partial charge in [-0.05, 0) is 57.2 Å². The van der Waals surface area contributed by atoms with Crippen LogP contribution in [0, 0.1) is 25.4 Å². The van der Waals surface area contributed by atoms with E-state index in [-0.39, 0.29) is 31.9 Å². The summed E-state index contributed by atoms with van der Waals surface area (Å²) in [5.41, 5.74) is 11.2. The Bertz CT molecular complexity index is 2970. The van der Waals surface area contributed by atoms with Crippen molar-refractivity contribution < 1.29 is 25.8 Å². The molecule has 0 aliphatic carbocycles. The maximum Gasteiger partial charge on any atom is 0.225 e. The van der Waals surface area contributed by atoms with E-state index in [9.17, 15) is 0 Å². The molecule has 4 heterocycles. The first kappa shape index (κ1) is 37.7. The van der Waals surface area contributed by atoms with Crippen molar-refractivity contribution in [3.05, 3.63) is 181 Å². The molecule has 2 atom stereocenters. The number of aromatic nitrogens is 2. The summed E-state index contributed by atoms with van der Waals surface area (Å²) in [5, 5.41) is 2.22. The first-order chi connectivity index (χ1) is 27.4. The molecule has 1 unspecified atom stereocenters. The average molecular weight is 936 g/mol. The predicted octanol–water partition coefficient (Wildman–Crippen LogP) is 13.7. The first-order valence-electron chi connectivity index (χ1n) is 19.4. The molecule has 2 aliphatic rings. The Balaban J connectivity index is 0.00000436. The molecule has 6 aromatic carbocycles. The maximum absolute atomic E-state index is 8.03. The topological polar surface area (TPSA) is 31.4 Å². The van der Waals surface area contributed by atoms with Gasteiger partial charge in [-0.3, -0.25) is 0 Å². The van der Waals surface area contributed by atoms with Crippen LogP contribution in [-0.2, 0) is 31.9 Å². The van der Waals surface area contributed by atoms with Gasteiger partial charge >= 0.3 is 0 Å². The van der Waals surface area contributed by atoms with Crippen LogP contribution < -0.4 is 13.9 Å². The van der Waals surface area contributed by atoms with Gasteiger partial charge in [-0.15, -0.1) is 35.2 Å². The second-order valence-corrected chi connectivity index (χ2v) is 17.3. The molecule has 58 heavy (non-hydrogen) atoms. The van der Waals surface area contributed by atoms with E-state index in [0.717, 1.165) is 55.7 Å². The van der Waals surface area contributed by atoms with Crippen molar-refractivity contribution in [3.8, 4) is 28.4 Å². The van der Waals surface area contributed by atoms with Crippen molar-refractivity contribution in [2.45, 2.75) is 52.4 Å². The molecule has 2 aromatic heterocycles. The van der Waals surface area contributed by atoms with E-state index in [4.69, 9.17) is 16.3 Å². The molecular formula is C51H42N5OPt-.